The molecule has 1 aromatic heterocycles. The maximum atomic E-state index is 14.0. The smallest absolute Gasteiger partial charge is 0.300 e. The summed E-state index contributed by atoms with van der Waals surface area (Å²) in [5.74, 6) is -3.58. The Morgan fingerprint density at radius 3 is 2.48 bits per heavy atom. The third-order valence-corrected chi connectivity index (χ3v) is 6.66. The van der Waals surface area contributed by atoms with Crippen molar-refractivity contribution in [2.45, 2.75) is 13.0 Å². The monoisotopic (exact) mass is 469 g/mol. The van der Waals surface area contributed by atoms with Crippen LogP contribution in [0.3, 0.4) is 0 Å². The molecule has 9 heteroatoms. The van der Waals surface area contributed by atoms with Gasteiger partial charge in [-0.2, -0.15) is 0 Å². The molecular weight excluding hydrogens is 452 g/mol. The van der Waals surface area contributed by atoms with E-state index in [1.54, 1.807) is 24.4 Å². The first kappa shape index (κ1) is 21.1. The number of fused-ring (bicyclic) bond motifs is 1. The van der Waals surface area contributed by atoms with Crippen molar-refractivity contribution in [3.05, 3.63) is 81.1 Å². The Hall–Kier alpha value is -3.72. The third-order valence-electron chi connectivity index (χ3n) is 5.59. The minimum absolute atomic E-state index is 0.00928. The highest BCUT2D eigenvalue weighted by Gasteiger charge is 2.48. The zero-order chi connectivity index (χ0) is 23.3. The Balaban J connectivity index is 1.70. The number of hydrogen-bond acceptors (Lipinski definition) is 6. The van der Waals surface area contributed by atoms with Crippen molar-refractivity contribution >= 4 is 34.5 Å². The van der Waals surface area contributed by atoms with Crippen LogP contribution in [0.5, 0.6) is 11.5 Å². The van der Waals surface area contributed by atoms with E-state index in [0.717, 1.165) is 22.6 Å². The van der Waals surface area contributed by atoms with Crippen molar-refractivity contribution in [1.29, 1.82) is 0 Å². The highest BCUT2D eigenvalue weighted by molar-refractivity contribution is 7.10. The molecule has 2 aromatic carbocycles. The van der Waals surface area contributed by atoms with Gasteiger partial charge in [0.25, 0.3) is 11.7 Å². The topological polar surface area (TPSA) is 76.1 Å². The largest absolute Gasteiger partial charge is 0.507 e. The predicted molar refractivity (Wildman–Crippen MR) is 118 cm³/mol. The van der Waals surface area contributed by atoms with E-state index in [1.165, 1.54) is 23.5 Å². The fourth-order valence-corrected chi connectivity index (χ4v) is 5.02. The number of rotatable bonds is 3. The Bertz CT molecular complexity index is 1330. The number of anilines is 1. The lowest BCUT2D eigenvalue weighted by molar-refractivity contribution is -0.132. The molecule has 1 atom stereocenters. The number of thiophene rings is 1. The van der Waals surface area contributed by atoms with Crippen LogP contribution in [0.4, 0.5) is 14.5 Å². The summed E-state index contributed by atoms with van der Waals surface area (Å²) in [6, 6.07) is 8.49. The molecule has 1 fully saturated rings. The summed E-state index contributed by atoms with van der Waals surface area (Å²) in [5.41, 5.74) is 0.913. The Morgan fingerprint density at radius 2 is 1.79 bits per heavy atom. The van der Waals surface area contributed by atoms with Crippen LogP contribution in [0.1, 0.15) is 22.0 Å². The summed E-state index contributed by atoms with van der Waals surface area (Å²) >= 11 is 1.29. The standard InChI is InChI=1S/C24H17F2NO5S/c1-12-6-9-33-23(12)20-19(21(28)13-2-5-17-18(10-13)32-8-7-31-17)22(29)24(30)27(20)14-3-4-15(25)16(26)11-14/h2-6,9-11,20,28H,7-8H2,1H3/b21-19-. The van der Waals surface area contributed by atoms with E-state index < -0.39 is 35.1 Å². The van der Waals surface area contributed by atoms with Gasteiger partial charge in [0.05, 0.1) is 5.57 Å². The lowest BCUT2D eigenvalue weighted by atomic mass is 9.98. The van der Waals surface area contributed by atoms with Crippen LogP contribution in [0, 0.1) is 18.6 Å². The Morgan fingerprint density at radius 1 is 1.03 bits per heavy atom. The normalized spacial score (nSPS) is 19.2. The van der Waals surface area contributed by atoms with Gasteiger partial charge in [0.2, 0.25) is 0 Å². The number of amides is 1. The van der Waals surface area contributed by atoms with E-state index in [0.29, 0.717) is 29.6 Å². The van der Waals surface area contributed by atoms with Gasteiger partial charge < -0.3 is 14.6 Å². The summed E-state index contributed by atoms with van der Waals surface area (Å²) in [6.45, 7) is 2.54. The summed E-state index contributed by atoms with van der Waals surface area (Å²) in [5, 5.41) is 13.0. The molecule has 0 saturated carbocycles. The van der Waals surface area contributed by atoms with Gasteiger partial charge in [0.15, 0.2) is 23.1 Å². The van der Waals surface area contributed by atoms with Gasteiger partial charge in [-0.3, -0.25) is 14.5 Å². The van der Waals surface area contributed by atoms with Gasteiger partial charge in [-0.05, 0) is 54.3 Å². The molecule has 1 unspecified atom stereocenters. The van der Waals surface area contributed by atoms with Gasteiger partial charge >= 0.3 is 0 Å². The molecule has 1 N–H and O–H groups in total. The maximum Gasteiger partial charge on any atom is 0.300 e. The van der Waals surface area contributed by atoms with Crippen LogP contribution in [0.15, 0.2) is 53.4 Å². The van der Waals surface area contributed by atoms with E-state index >= 15 is 0 Å². The molecule has 1 saturated heterocycles. The SMILES string of the molecule is Cc1ccsc1C1/C(=C(/O)c2ccc3c(c2)OCCO3)C(=O)C(=O)N1c1ccc(F)c(F)c1. The number of benzene rings is 2. The Kier molecular flexibility index (Phi) is 5.13. The maximum absolute atomic E-state index is 14.0. The summed E-state index contributed by atoms with van der Waals surface area (Å²) in [4.78, 5) is 27.9. The quantitative estimate of drug-likeness (QED) is 0.341. The number of aliphatic hydroxyl groups excluding tert-OH is 1. The zero-order valence-electron chi connectivity index (χ0n) is 17.3. The van der Waals surface area contributed by atoms with E-state index in [9.17, 15) is 23.5 Å². The molecule has 2 aliphatic rings. The summed E-state index contributed by atoms with van der Waals surface area (Å²) < 4.78 is 38.6. The zero-order valence-corrected chi connectivity index (χ0v) is 18.1. The first-order chi connectivity index (χ1) is 15.9. The molecule has 1 amide bonds. The second kappa shape index (κ2) is 8.00. The minimum Gasteiger partial charge on any atom is -0.507 e. The van der Waals surface area contributed by atoms with E-state index in [1.807, 2.05) is 6.07 Å². The van der Waals surface area contributed by atoms with Gasteiger partial charge in [0.1, 0.15) is 25.0 Å². The Labute approximate surface area is 191 Å². The highest BCUT2D eigenvalue weighted by atomic mass is 32.1. The number of nitrogens with zero attached hydrogens (tertiary/aromatic N) is 1. The lowest BCUT2D eigenvalue weighted by Gasteiger charge is -2.25. The van der Waals surface area contributed by atoms with Crippen LogP contribution >= 0.6 is 11.3 Å². The number of Topliss-reactive ketones (excluding diaryl/α,β-unsaturated/α-hetero) is 1. The molecule has 3 aromatic rings. The van der Waals surface area contributed by atoms with Crippen molar-refractivity contribution in [2.75, 3.05) is 18.1 Å². The molecule has 33 heavy (non-hydrogen) atoms. The molecule has 0 spiro atoms. The van der Waals surface area contributed by atoms with E-state index in [2.05, 4.69) is 0 Å². The molecule has 0 aliphatic carbocycles. The van der Waals surface area contributed by atoms with Crippen molar-refractivity contribution in [3.63, 3.8) is 0 Å². The molecule has 3 heterocycles. The number of halogens is 2. The van der Waals surface area contributed by atoms with Crippen LogP contribution in [0.25, 0.3) is 5.76 Å². The minimum atomic E-state index is -1.15. The average Bonchev–Trinajstić information content (AvgIpc) is 3.35. The molecular formula is C24H17F2NO5S. The summed E-state index contributed by atoms with van der Waals surface area (Å²) in [6.07, 6.45) is 0. The van der Waals surface area contributed by atoms with Crippen LogP contribution in [-0.2, 0) is 9.59 Å². The third kappa shape index (κ3) is 3.45. The van der Waals surface area contributed by atoms with Crippen molar-refractivity contribution in [1.82, 2.24) is 0 Å². The van der Waals surface area contributed by atoms with E-state index in [4.69, 9.17) is 9.47 Å². The van der Waals surface area contributed by atoms with Crippen molar-refractivity contribution in [2.24, 2.45) is 0 Å². The van der Waals surface area contributed by atoms with Gasteiger partial charge in [0, 0.05) is 22.2 Å². The number of carbonyl (C=O) groups excluding carboxylic acids is 2. The number of aryl methyl sites for hydroxylation is 1. The number of ketones is 1. The van der Waals surface area contributed by atoms with Gasteiger partial charge in [-0.1, -0.05) is 0 Å². The number of hydrogen-bond donors (Lipinski definition) is 1. The van der Waals surface area contributed by atoms with Gasteiger partial charge in [-0.15, -0.1) is 11.3 Å². The predicted octanol–water partition coefficient (Wildman–Crippen LogP) is 4.73. The molecule has 2 aliphatic heterocycles. The second-order valence-corrected chi connectivity index (χ2v) is 8.54. The number of carbonyl (C=O) groups is 2. The first-order valence-electron chi connectivity index (χ1n) is 10.1. The molecule has 0 bridgehead atoms. The first-order valence-corrected chi connectivity index (χ1v) is 10.9. The van der Waals surface area contributed by atoms with E-state index in [-0.39, 0.29) is 16.8 Å². The van der Waals surface area contributed by atoms with Crippen LogP contribution < -0.4 is 14.4 Å². The molecule has 6 nitrogen and oxygen atoms in total. The molecule has 168 valence electrons. The fraction of sp³-hybridized carbons (Fsp3) is 0.167. The van der Waals surface area contributed by atoms with Crippen molar-refractivity contribution < 1.29 is 33.0 Å². The van der Waals surface area contributed by atoms with Crippen LogP contribution in [-0.4, -0.2) is 30.0 Å². The average molecular weight is 469 g/mol. The van der Waals surface area contributed by atoms with Crippen molar-refractivity contribution in [3.8, 4) is 11.5 Å². The fourth-order valence-electron chi connectivity index (χ4n) is 3.99. The number of aliphatic hydroxyl groups is 1. The van der Waals surface area contributed by atoms with Gasteiger partial charge in [-0.25, -0.2) is 8.78 Å². The summed E-state index contributed by atoms with van der Waals surface area (Å²) in [7, 11) is 0. The second-order valence-electron chi connectivity index (χ2n) is 7.59. The lowest BCUT2D eigenvalue weighted by Crippen LogP contribution is -2.29. The highest BCUT2D eigenvalue weighted by Crippen LogP contribution is 2.45. The number of ether oxygens (including phenoxy) is 2. The molecule has 0 radical (unpaired) electrons. The van der Waals surface area contributed by atoms with Crippen LogP contribution in [0.2, 0.25) is 0 Å². The molecule has 5 rings (SSSR count).